The van der Waals surface area contributed by atoms with Crippen molar-refractivity contribution < 1.29 is 14.3 Å². The zero-order chi connectivity index (χ0) is 17.9. The quantitative estimate of drug-likeness (QED) is 0.926. The fraction of sp³-hybridized carbons (Fsp3) is 0.333. The lowest BCUT2D eigenvalue weighted by Gasteiger charge is -2.33. The van der Waals surface area contributed by atoms with Crippen LogP contribution in [-0.4, -0.2) is 35.9 Å². The first-order valence-electron chi connectivity index (χ1n) is 9.10. The summed E-state index contributed by atoms with van der Waals surface area (Å²) < 4.78 is 5.82. The van der Waals surface area contributed by atoms with Gasteiger partial charge in [-0.05, 0) is 36.6 Å². The standard InChI is InChI=1S/C21H22N2O3/c24-20(22-17-9-2-1-3-10-17)16-8-6-12-23(14-16)21(25)19-13-15-7-4-5-11-18(15)26-19/h1-5,7,9-11,16,19H,6,8,12-14H2,(H,22,24). The highest BCUT2D eigenvalue weighted by molar-refractivity contribution is 5.93. The summed E-state index contributed by atoms with van der Waals surface area (Å²) in [6.07, 6.45) is 1.77. The summed E-state index contributed by atoms with van der Waals surface area (Å²) in [7, 11) is 0. The van der Waals surface area contributed by atoms with E-state index >= 15 is 0 Å². The van der Waals surface area contributed by atoms with E-state index in [0.717, 1.165) is 29.8 Å². The number of fused-ring (bicyclic) bond motifs is 1. The number of carbonyl (C=O) groups excluding carboxylic acids is 2. The second kappa shape index (κ2) is 7.20. The van der Waals surface area contributed by atoms with Gasteiger partial charge in [0.05, 0.1) is 5.92 Å². The third kappa shape index (κ3) is 3.43. The van der Waals surface area contributed by atoms with Crippen molar-refractivity contribution in [1.82, 2.24) is 4.90 Å². The summed E-state index contributed by atoms with van der Waals surface area (Å²) in [5.41, 5.74) is 1.86. The second-order valence-corrected chi connectivity index (χ2v) is 6.90. The van der Waals surface area contributed by atoms with Crippen LogP contribution < -0.4 is 10.1 Å². The first-order valence-corrected chi connectivity index (χ1v) is 9.10. The maximum Gasteiger partial charge on any atom is 0.264 e. The minimum Gasteiger partial charge on any atom is -0.480 e. The maximum absolute atomic E-state index is 12.9. The molecule has 4 rings (SSSR count). The van der Waals surface area contributed by atoms with Crippen LogP contribution in [0.4, 0.5) is 5.69 Å². The lowest BCUT2D eigenvalue weighted by molar-refractivity contribution is -0.140. The Bertz CT molecular complexity index is 781. The van der Waals surface area contributed by atoms with Crippen LogP contribution in [0.5, 0.6) is 5.75 Å². The van der Waals surface area contributed by atoms with E-state index < -0.39 is 6.10 Å². The smallest absolute Gasteiger partial charge is 0.264 e. The normalized spacial score (nSPS) is 21.6. The molecule has 134 valence electrons. The number of anilines is 1. The second-order valence-electron chi connectivity index (χ2n) is 6.90. The van der Waals surface area contributed by atoms with E-state index in [1.807, 2.05) is 54.6 Å². The Morgan fingerprint density at radius 3 is 2.62 bits per heavy atom. The highest BCUT2D eigenvalue weighted by atomic mass is 16.5. The monoisotopic (exact) mass is 350 g/mol. The Balaban J connectivity index is 1.38. The van der Waals surface area contributed by atoms with Crippen molar-refractivity contribution in [2.45, 2.75) is 25.4 Å². The highest BCUT2D eigenvalue weighted by Crippen LogP contribution is 2.30. The van der Waals surface area contributed by atoms with Crippen molar-refractivity contribution in [2.75, 3.05) is 18.4 Å². The van der Waals surface area contributed by atoms with Gasteiger partial charge in [-0.15, -0.1) is 0 Å². The van der Waals surface area contributed by atoms with Gasteiger partial charge in [0, 0.05) is 25.2 Å². The van der Waals surface area contributed by atoms with Crippen LogP contribution in [0.25, 0.3) is 0 Å². The number of likely N-dealkylation sites (tertiary alicyclic amines) is 1. The molecular formula is C21H22N2O3. The zero-order valence-corrected chi connectivity index (χ0v) is 14.6. The topological polar surface area (TPSA) is 58.6 Å². The number of benzene rings is 2. The van der Waals surface area contributed by atoms with Gasteiger partial charge in [-0.3, -0.25) is 9.59 Å². The molecular weight excluding hydrogens is 328 g/mol. The molecule has 2 aromatic carbocycles. The van der Waals surface area contributed by atoms with Crippen LogP contribution in [0.3, 0.4) is 0 Å². The van der Waals surface area contributed by atoms with Gasteiger partial charge in [0.15, 0.2) is 6.10 Å². The van der Waals surface area contributed by atoms with Gasteiger partial charge < -0.3 is 15.0 Å². The number of nitrogens with zero attached hydrogens (tertiary/aromatic N) is 1. The van der Waals surface area contributed by atoms with E-state index in [9.17, 15) is 9.59 Å². The number of carbonyl (C=O) groups is 2. The molecule has 26 heavy (non-hydrogen) atoms. The molecule has 1 fully saturated rings. The van der Waals surface area contributed by atoms with Gasteiger partial charge >= 0.3 is 0 Å². The number of amides is 2. The van der Waals surface area contributed by atoms with Crippen molar-refractivity contribution >= 4 is 17.5 Å². The Hall–Kier alpha value is -2.82. The largest absolute Gasteiger partial charge is 0.480 e. The van der Waals surface area contributed by atoms with E-state index in [2.05, 4.69) is 5.32 Å². The van der Waals surface area contributed by atoms with Crippen molar-refractivity contribution in [3.05, 3.63) is 60.2 Å². The van der Waals surface area contributed by atoms with Gasteiger partial charge in [-0.25, -0.2) is 0 Å². The molecule has 2 aromatic rings. The van der Waals surface area contributed by atoms with Gasteiger partial charge in [0.2, 0.25) is 5.91 Å². The molecule has 2 amide bonds. The average molecular weight is 350 g/mol. The predicted molar refractivity (Wildman–Crippen MR) is 98.9 cm³/mol. The van der Waals surface area contributed by atoms with Crippen LogP contribution in [0.15, 0.2) is 54.6 Å². The molecule has 2 aliphatic rings. The number of ether oxygens (including phenoxy) is 1. The minimum absolute atomic E-state index is 0.0154. The highest BCUT2D eigenvalue weighted by Gasteiger charge is 2.35. The van der Waals surface area contributed by atoms with Gasteiger partial charge in [0.25, 0.3) is 5.91 Å². The Morgan fingerprint density at radius 1 is 1.04 bits per heavy atom. The van der Waals surface area contributed by atoms with Crippen molar-refractivity contribution in [2.24, 2.45) is 5.92 Å². The fourth-order valence-corrected chi connectivity index (χ4v) is 3.68. The number of nitrogens with one attached hydrogen (secondary N) is 1. The van der Waals surface area contributed by atoms with Crippen LogP contribution in [0.2, 0.25) is 0 Å². The number of rotatable bonds is 3. The summed E-state index contributed by atoms with van der Waals surface area (Å²) in [6, 6.07) is 17.2. The molecule has 0 bridgehead atoms. The number of piperidine rings is 1. The van der Waals surface area contributed by atoms with E-state index in [-0.39, 0.29) is 17.7 Å². The molecule has 5 nitrogen and oxygen atoms in total. The van der Waals surface area contributed by atoms with Gasteiger partial charge in [-0.1, -0.05) is 36.4 Å². The molecule has 2 atom stereocenters. The maximum atomic E-state index is 12.9. The van der Waals surface area contributed by atoms with E-state index in [4.69, 9.17) is 4.74 Å². The average Bonchev–Trinajstić information content (AvgIpc) is 3.12. The Labute approximate surface area is 153 Å². The third-order valence-corrected chi connectivity index (χ3v) is 5.07. The number of hydrogen-bond acceptors (Lipinski definition) is 3. The van der Waals surface area contributed by atoms with Crippen LogP contribution >= 0.6 is 0 Å². The summed E-state index contributed by atoms with van der Waals surface area (Å²) >= 11 is 0. The molecule has 2 heterocycles. The third-order valence-electron chi connectivity index (χ3n) is 5.07. The number of para-hydroxylation sites is 2. The zero-order valence-electron chi connectivity index (χ0n) is 14.6. The van der Waals surface area contributed by atoms with E-state index in [1.54, 1.807) is 4.90 Å². The van der Waals surface area contributed by atoms with E-state index in [1.165, 1.54) is 0 Å². The molecule has 5 heteroatoms. The summed E-state index contributed by atoms with van der Waals surface area (Å²) in [5, 5.41) is 2.95. The van der Waals surface area contributed by atoms with Crippen LogP contribution in [0, 0.1) is 5.92 Å². The molecule has 1 saturated heterocycles. The lowest BCUT2D eigenvalue weighted by atomic mass is 9.96. The SMILES string of the molecule is O=C(Nc1ccccc1)C1CCCN(C(=O)C2Cc3ccccc3O2)C1. The molecule has 0 saturated carbocycles. The Kier molecular flexibility index (Phi) is 4.61. The first kappa shape index (κ1) is 16.6. The van der Waals surface area contributed by atoms with Crippen LogP contribution in [-0.2, 0) is 16.0 Å². The molecule has 2 aliphatic heterocycles. The number of hydrogen-bond donors (Lipinski definition) is 1. The minimum atomic E-state index is -0.469. The molecule has 2 unspecified atom stereocenters. The van der Waals surface area contributed by atoms with Crippen molar-refractivity contribution in [3.8, 4) is 5.75 Å². The predicted octanol–water partition coefficient (Wildman–Crippen LogP) is 2.87. The first-order chi connectivity index (χ1) is 12.7. The summed E-state index contributed by atoms with van der Waals surface area (Å²) in [6.45, 7) is 1.14. The Morgan fingerprint density at radius 2 is 1.81 bits per heavy atom. The molecule has 0 spiro atoms. The van der Waals surface area contributed by atoms with Gasteiger partial charge in [-0.2, -0.15) is 0 Å². The molecule has 0 aliphatic carbocycles. The van der Waals surface area contributed by atoms with Crippen molar-refractivity contribution in [1.29, 1.82) is 0 Å². The van der Waals surface area contributed by atoms with Crippen LogP contribution in [0.1, 0.15) is 18.4 Å². The molecule has 1 N–H and O–H groups in total. The summed E-state index contributed by atoms with van der Waals surface area (Å²) in [4.78, 5) is 27.2. The van der Waals surface area contributed by atoms with E-state index in [0.29, 0.717) is 19.5 Å². The lowest BCUT2D eigenvalue weighted by Crippen LogP contribution is -2.48. The van der Waals surface area contributed by atoms with Gasteiger partial charge in [0.1, 0.15) is 5.75 Å². The molecule has 0 radical (unpaired) electrons. The fourth-order valence-electron chi connectivity index (χ4n) is 3.68. The molecule has 0 aromatic heterocycles. The summed E-state index contributed by atoms with van der Waals surface area (Å²) in [5.74, 6) is 0.570. The van der Waals surface area contributed by atoms with Crippen molar-refractivity contribution in [3.63, 3.8) is 0 Å².